The van der Waals surface area contributed by atoms with E-state index in [0.717, 1.165) is 16.4 Å². The number of halogens is 2. The molecular weight excluding hydrogens is 408 g/mol. The van der Waals surface area contributed by atoms with E-state index >= 15 is 0 Å². The Morgan fingerprint density at radius 2 is 1.33 bits per heavy atom. The van der Waals surface area contributed by atoms with E-state index in [-0.39, 0.29) is 0 Å². The molecule has 0 aromatic heterocycles. The monoisotopic (exact) mass is 434 g/mol. The van der Waals surface area contributed by atoms with Crippen molar-refractivity contribution in [3.63, 3.8) is 0 Å². The standard InChI is InChI=1S/C17H28Br2OSi/c1-12(2)21(13(3)4,14(5)6)20-17-8-7-15(10-18)16(9-17)11-19/h7-9,12-14H,10-11H2,1-6H3. The third-order valence-electron chi connectivity index (χ3n) is 4.47. The van der Waals surface area contributed by atoms with Gasteiger partial charge in [-0.25, -0.2) is 0 Å². The molecule has 0 aliphatic carbocycles. The normalized spacial score (nSPS) is 12.5. The molecule has 4 heteroatoms. The molecule has 1 aromatic rings. The number of hydrogen-bond donors (Lipinski definition) is 0. The van der Waals surface area contributed by atoms with Gasteiger partial charge >= 0.3 is 0 Å². The zero-order valence-corrected chi connectivity index (χ0v) is 18.2. The first-order valence-corrected chi connectivity index (χ1v) is 12.1. The molecule has 0 saturated heterocycles. The van der Waals surface area contributed by atoms with E-state index in [2.05, 4.69) is 91.6 Å². The molecule has 0 N–H and O–H groups in total. The summed E-state index contributed by atoms with van der Waals surface area (Å²) in [4.78, 5) is 0. The molecular formula is C17H28Br2OSi. The van der Waals surface area contributed by atoms with Crippen LogP contribution in [0.4, 0.5) is 0 Å². The smallest absolute Gasteiger partial charge is 0.258 e. The van der Waals surface area contributed by atoms with Crippen molar-refractivity contribution in [1.29, 1.82) is 0 Å². The summed E-state index contributed by atoms with van der Waals surface area (Å²) in [6.07, 6.45) is 0. The predicted molar refractivity (Wildman–Crippen MR) is 103 cm³/mol. The van der Waals surface area contributed by atoms with Gasteiger partial charge in [-0.05, 0) is 39.9 Å². The fourth-order valence-corrected chi connectivity index (χ4v) is 9.79. The minimum absolute atomic E-state index is 0.598. The van der Waals surface area contributed by atoms with Gasteiger partial charge in [0.05, 0.1) is 0 Å². The van der Waals surface area contributed by atoms with Crippen LogP contribution in [0.5, 0.6) is 5.75 Å². The minimum atomic E-state index is -1.86. The molecule has 0 atom stereocenters. The molecule has 0 unspecified atom stereocenters. The van der Waals surface area contributed by atoms with E-state index in [1.54, 1.807) is 0 Å². The SMILES string of the molecule is CC(C)[Si](Oc1ccc(CBr)c(CBr)c1)(C(C)C)C(C)C. The second-order valence-electron chi connectivity index (χ2n) is 6.62. The Hall–Kier alpha value is 0.197. The van der Waals surface area contributed by atoms with Crippen LogP contribution >= 0.6 is 31.9 Å². The van der Waals surface area contributed by atoms with E-state index < -0.39 is 8.32 Å². The summed E-state index contributed by atoms with van der Waals surface area (Å²) < 4.78 is 6.73. The topological polar surface area (TPSA) is 9.23 Å². The minimum Gasteiger partial charge on any atom is -0.543 e. The molecule has 0 saturated carbocycles. The van der Waals surface area contributed by atoms with Crippen LogP contribution in [-0.2, 0) is 10.7 Å². The molecule has 0 heterocycles. The maximum atomic E-state index is 6.73. The number of benzene rings is 1. The maximum Gasteiger partial charge on any atom is 0.258 e. The Labute approximate surface area is 148 Å². The summed E-state index contributed by atoms with van der Waals surface area (Å²) in [5, 5.41) is 1.75. The van der Waals surface area contributed by atoms with E-state index in [9.17, 15) is 0 Å². The third-order valence-corrected chi connectivity index (χ3v) is 11.7. The first-order valence-electron chi connectivity index (χ1n) is 7.72. The zero-order chi connectivity index (χ0) is 16.2. The molecule has 0 spiro atoms. The number of alkyl halides is 2. The van der Waals surface area contributed by atoms with Crippen molar-refractivity contribution in [3.8, 4) is 5.75 Å². The van der Waals surface area contributed by atoms with E-state index in [4.69, 9.17) is 4.43 Å². The van der Waals surface area contributed by atoms with Crippen LogP contribution < -0.4 is 4.43 Å². The van der Waals surface area contributed by atoms with Crippen LogP contribution in [0.15, 0.2) is 18.2 Å². The molecule has 0 radical (unpaired) electrons. The number of rotatable bonds is 7. The fraction of sp³-hybridized carbons (Fsp3) is 0.647. The largest absolute Gasteiger partial charge is 0.543 e. The molecule has 1 aromatic carbocycles. The Kier molecular flexibility index (Phi) is 7.48. The maximum absolute atomic E-state index is 6.73. The molecule has 0 fully saturated rings. The van der Waals surface area contributed by atoms with Crippen LogP contribution in [-0.4, -0.2) is 8.32 Å². The highest BCUT2D eigenvalue weighted by Gasteiger charge is 2.46. The summed E-state index contributed by atoms with van der Waals surface area (Å²) in [6, 6.07) is 6.53. The summed E-state index contributed by atoms with van der Waals surface area (Å²) in [5.74, 6) is 1.04. The summed E-state index contributed by atoms with van der Waals surface area (Å²) >= 11 is 7.14. The highest BCUT2D eigenvalue weighted by molar-refractivity contribution is 9.09. The van der Waals surface area contributed by atoms with Crippen LogP contribution in [0.1, 0.15) is 52.7 Å². The van der Waals surface area contributed by atoms with Gasteiger partial charge in [-0.1, -0.05) is 79.5 Å². The zero-order valence-electron chi connectivity index (χ0n) is 14.0. The second-order valence-corrected chi connectivity index (χ2v) is 13.1. The first-order chi connectivity index (χ1) is 9.79. The highest BCUT2D eigenvalue weighted by Crippen LogP contribution is 2.43. The Bertz CT molecular complexity index is 436. The van der Waals surface area contributed by atoms with Crippen LogP contribution in [0.3, 0.4) is 0 Å². The molecule has 21 heavy (non-hydrogen) atoms. The van der Waals surface area contributed by atoms with E-state index in [0.29, 0.717) is 16.6 Å². The van der Waals surface area contributed by atoms with Gasteiger partial charge in [0.25, 0.3) is 8.32 Å². The molecule has 1 rings (SSSR count). The van der Waals surface area contributed by atoms with Crippen molar-refractivity contribution in [2.45, 2.75) is 68.8 Å². The van der Waals surface area contributed by atoms with Gasteiger partial charge in [0.2, 0.25) is 0 Å². The van der Waals surface area contributed by atoms with E-state index in [1.807, 2.05) is 0 Å². The van der Waals surface area contributed by atoms with Crippen molar-refractivity contribution >= 4 is 40.2 Å². The summed E-state index contributed by atoms with van der Waals surface area (Å²) in [6.45, 7) is 13.9. The molecule has 1 nitrogen and oxygen atoms in total. The Morgan fingerprint density at radius 3 is 1.71 bits per heavy atom. The van der Waals surface area contributed by atoms with Crippen LogP contribution in [0, 0.1) is 0 Å². The van der Waals surface area contributed by atoms with Gasteiger partial charge in [0, 0.05) is 10.7 Å². The van der Waals surface area contributed by atoms with Gasteiger partial charge in [0.1, 0.15) is 5.75 Å². The lowest BCUT2D eigenvalue weighted by atomic mass is 10.1. The molecule has 0 amide bonds. The van der Waals surface area contributed by atoms with Crippen molar-refractivity contribution in [3.05, 3.63) is 29.3 Å². The average molecular weight is 436 g/mol. The van der Waals surface area contributed by atoms with Gasteiger partial charge < -0.3 is 4.43 Å². The summed E-state index contributed by atoms with van der Waals surface area (Å²) in [5.41, 5.74) is 4.43. The lowest BCUT2D eigenvalue weighted by Gasteiger charge is -2.42. The van der Waals surface area contributed by atoms with Gasteiger partial charge in [0.15, 0.2) is 0 Å². The van der Waals surface area contributed by atoms with Gasteiger partial charge in [-0.15, -0.1) is 0 Å². The lowest BCUT2D eigenvalue weighted by Crippen LogP contribution is -2.50. The van der Waals surface area contributed by atoms with E-state index in [1.165, 1.54) is 11.1 Å². The van der Waals surface area contributed by atoms with Crippen molar-refractivity contribution in [2.24, 2.45) is 0 Å². The lowest BCUT2D eigenvalue weighted by molar-refractivity contribution is 0.479. The first kappa shape index (κ1) is 19.2. The quantitative estimate of drug-likeness (QED) is 0.329. The fourth-order valence-electron chi connectivity index (χ4n) is 3.48. The predicted octanol–water partition coefficient (Wildman–Crippen LogP) is 7.03. The second kappa shape index (κ2) is 8.16. The van der Waals surface area contributed by atoms with Gasteiger partial charge in [-0.3, -0.25) is 0 Å². The molecule has 0 aliphatic rings. The van der Waals surface area contributed by atoms with Crippen molar-refractivity contribution in [2.75, 3.05) is 0 Å². The Morgan fingerprint density at radius 1 is 0.857 bits per heavy atom. The highest BCUT2D eigenvalue weighted by atomic mass is 79.9. The van der Waals surface area contributed by atoms with Crippen LogP contribution in [0.25, 0.3) is 0 Å². The summed E-state index contributed by atoms with van der Waals surface area (Å²) in [7, 11) is -1.86. The van der Waals surface area contributed by atoms with Crippen molar-refractivity contribution < 1.29 is 4.43 Å². The average Bonchev–Trinajstić information content (AvgIpc) is 2.43. The molecule has 120 valence electrons. The molecule has 0 aliphatic heterocycles. The third kappa shape index (κ3) is 4.14. The van der Waals surface area contributed by atoms with Crippen LogP contribution in [0.2, 0.25) is 16.6 Å². The Balaban J connectivity index is 3.21. The molecule has 0 bridgehead atoms. The van der Waals surface area contributed by atoms with Crippen molar-refractivity contribution in [1.82, 2.24) is 0 Å². The number of hydrogen-bond acceptors (Lipinski definition) is 1. The van der Waals surface area contributed by atoms with Gasteiger partial charge in [-0.2, -0.15) is 0 Å².